The molecule has 1 N–H and O–H groups in total. The van der Waals surface area contributed by atoms with E-state index in [0.717, 1.165) is 18.4 Å². The van der Waals surface area contributed by atoms with Gasteiger partial charge in [0, 0.05) is 26.1 Å². The van der Waals surface area contributed by atoms with E-state index in [1.54, 1.807) is 12.0 Å². The van der Waals surface area contributed by atoms with Crippen molar-refractivity contribution in [3.05, 3.63) is 42.0 Å². The molecule has 0 radical (unpaired) electrons. The van der Waals surface area contributed by atoms with Crippen molar-refractivity contribution in [3.63, 3.8) is 0 Å². The Bertz CT molecular complexity index is 917. The number of carbonyl (C=O) groups excluding carboxylic acids is 4. The van der Waals surface area contributed by atoms with Gasteiger partial charge in [-0.1, -0.05) is 44.6 Å². The Morgan fingerprint density at radius 1 is 1.09 bits per heavy atom. The normalized spacial score (nSPS) is 19.9. The Balaban J connectivity index is 1.73. The van der Waals surface area contributed by atoms with Gasteiger partial charge in [-0.15, -0.1) is 0 Å². The van der Waals surface area contributed by atoms with Gasteiger partial charge >= 0.3 is 0 Å². The Labute approximate surface area is 207 Å². The number of ether oxygens (including phenoxy) is 1. The topological polar surface area (TPSA) is 96.0 Å². The lowest BCUT2D eigenvalue weighted by atomic mass is 9.85. The highest BCUT2D eigenvalue weighted by atomic mass is 16.5. The molecule has 8 nitrogen and oxygen atoms in total. The number of amides is 4. The summed E-state index contributed by atoms with van der Waals surface area (Å²) in [4.78, 5) is 54.8. The lowest BCUT2D eigenvalue weighted by molar-refractivity contribution is -0.144. The van der Waals surface area contributed by atoms with Gasteiger partial charge in [0.25, 0.3) is 0 Å². The molecule has 0 saturated carbocycles. The Morgan fingerprint density at radius 3 is 2.26 bits per heavy atom. The predicted molar refractivity (Wildman–Crippen MR) is 132 cm³/mol. The van der Waals surface area contributed by atoms with Crippen molar-refractivity contribution in [2.75, 3.05) is 20.2 Å². The van der Waals surface area contributed by atoms with Gasteiger partial charge in [0.05, 0.1) is 18.9 Å². The number of allylic oxidation sites excluding steroid dienone is 2. The molecule has 1 fully saturated rings. The molecule has 1 heterocycles. The number of fused-ring (bicyclic) bond motifs is 1. The second kappa shape index (κ2) is 12.5. The van der Waals surface area contributed by atoms with Crippen LogP contribution in [0.4, 0.5) is 0 Å². The van der Waals surface area contributed by atoms with Crippen LogP contribution in [-0.4, -0.2) is 59.7 Å². The number of hydrogen-bond donors (Lipinski definition) is 1. The molecular weight excluding hydrogens is 446 g/mol. The second-order valence-electron chi connectivity index (χ2n) is 9.17. The molecule has 8 heteroatoms. The molecule has 1 saturated heterocycles. The largest absolute Gasteiger partial charge is 0.497 e. The predicted octanol–water partition coefficient (Wildman–Crippen LogP) is 3.06. The first kappa shape index (κ1) is 26.4. The van der Waals surface area contributed by atoms with Gasteiger partial charge in [0.15, 0.2) is 0 Å². The standard InChI is InChI=1S/C27H37N3O5/c1-4-6-16-28-25(32)23(5-2)30(18-19-11-13-20(35-3)14-12-19)24(31)15-17-29-26(33)21-9-7-8-10-22(21)27(29)34/h7-8,11-14,21-23H,4-6,9-10,15-18H2,1-3H3,(H,28,32)/t21-,22+,23?. The quantitative estimate of drug-likeness (QED) is 0.280. The van der Waals surface area contributed by atoms with Crippen LogP contribution < -0.4 is 10.1 Å². The maximum atomic E-state index is 13.4. The third-order valence-electron chi connectivity index (χ3n) is 6.88. The average Bonchev–Trinajstić information content (AvgIpc) is 3.12. The van der Waals surface area contributed by atoms with Crippen LogP contribution >= 0.6 is 0 Å². The van der Waals surface area contributed by atoms with Gasteiger partial charge in [-0.3, -0.25) is 24.1 Å². The molecule has 0 bridgehead atoms. The van der Waals surface area contributed by atoms with Crippen molar-refractivity contribution < 1.29 is 23.9 Å². The molecule has 1 aliphatic heterocycles. The number of likely N-dealkylation sites (tertiary alicyclic amines) is 1. The number of methoxy groups -OCH3 is 1. The van der Waals surface area contributed by atoms with Gasteiger partial charge in [0.2, 0.25) is 23.6 Å². The number of imide groups is 1. The lowest BCUT2D eigenvalue weighted by Gasteiger charge is -2.31. The highest BCUT2D eigenvalue weighted by Gasteiger charge is 2.47. The number of unbranched alkanes of at least 4 members (excludes halogenated alkanes) is 1. The fourth-order valence-electron chi connectivity index (χ4n) is 4.79. The smallest absolute Gasteiger partial charge is 0.242 e. The second-order valence-corrected chi connectivity index (χ2v) is 9.17. The van der Waals surface area contributed by atoms with Crippen molar-refractivity contribution in [3.8, 4) is 5.75 Å². The average molecular weight is 484 g/mol. The maximum Gasteiger partial charge on any atom is 0.242 e. The summed E-state index contributed by atoms with van der Waals surface area (Å²) in [6.07, 6.45) is 7.29. The lowest BCUT2D eigenvalue weighted by Crippen LogP contribution is -2.49. The SMILES string of the molecule is CCCCNC(=O)C(CC)N(Cc1ccc(OC)cc1)C(=O)CCN1C(=O)[C@H]2CC=CC[C@H]2C1=O. The minimum Gasteiger partial charge on any atom is -0.497 e. The number of benzene rings is 1. The van der Waals surface area contributed by atoms with Crippen LogP contribution in [0.2, 0.25) is 0 Å². The molecule has 35 heavy (non-hydrogen) atoms. The van der Waals surface area contributed by atoms with Crippen molar-refractivity contribution >= 4 is 23.6 Å². The Hall–Kier alpha value is -3.16. The summed E-state index contributed by atoms with van der Waals surface area (Å²) < 4.78 is 5.22. The van der Waals surface area contributed by atoms with Gasteiger partial charge in [-0.25, -0.2) is 0 Å². The molecule has 190 valence electrons. The Morgan fingerprint density at radius 2 is 1.71 bits per heavy atom. The number of nitrogens with zero attached hydrogens (tertiary/aromatic N) is 2. The zero-order valence-corrected chi connectivity index (χ0v) is 21.0. The molecule has 4 amide bonds. The molecule has 1 aromatic rings. The maximum absolute atomic E-state index is 13.4. The molecule has 1 unspecified atom stereocenters. The van der Waals surface area contributed by atoms with E-state index in [1.165, 1.54) is 4.90 Å². The van der Waals surface area contributed by atoms with E-state index in [4.69, 9.17) is 4.74 Å². The van der Waals surface area contributed by atoms with E-state index in [2.05, 4.69) is 12.2 Å². The van der Waals surface area contributed by atoms with Crippen molar-refractivity contribution in [1.82, 2.24) is 15.1 Å². The highest BCUT2D eigenvalue weighted by Crippen LogP contribution is 2.35. The molecular formula is C27H37N3O5. The van der Waals surface area contributed by atoms with Crippen molar-refractivity contribution in [2.24, 2.45) is 11.8 Å². The van der Waals surface area contributed by atoms with Gasteiger partial charge in [0.1, 0.15) is 11.8 Å². The first-order valence-electron chi connectivity index (χ1n) is 12.6. The first-order valence-corrected chi connectivity index (χ1v) is 12.6. The minimum absolute atomic E-state index is 0.0146. The van der Waals surface area contributed by atoms with E-state index in [9.17, 15) is 19.2 Å². The zero-order chi connectivity index (χ0) is 25.4. The third-order valence-corrected chi connectivity index (χ3v) is 6.88. The molecule has 0 spiro atoms. The monoisotopic (exact) mass is 483 g/mol. The van der Waals surface area contributed by atoms with Gasteiger partial charge < -0.3 is 15.0 Å². The number of nitrogens with one attached hydrogen (secondary N) is 1. The van der Waals surface area contributed by atoms with Crippen LogP contribution in [-0.2, 0) is 25.7 Å². The fourth-order valence-corrected chi connectivity index (χ4v) is 4.79. The molecule has 0 aromatic heterocycles. The summed E-state index contributed by atoms with van der Waals surface area (Å²) in [5.74, 6) is -0.749. The summed E-state index contributed by atoms with van der Waals surface area (Å²) in [6.45, 7) is 4.78. The summed E-state index contributed by atoms with van der Waals surface area (Å²) >= 11 is 0. The summed E-state index contributed by atoms with van der Waals surface area (Å²) in [5.41, 5.74) is 0.865. The van der Waals surface area contributed by atoms with Crippen LogP contribution in [0.25, 0.3) is 0 Å². The first-order chi connectivity index (χ1) is 16.9. The Kier molecular flexibility index (Phi) is 9.46. The van der Waals surface area contributed by atoms with E-state index in [-0.39, 0.29) is 55.0 Å². The molecule has 3 atom stereocenters. The summed E-state index contributed by atoms with van der Waals surface area (Å²) in [5, 5.41) is 2.94. The van der Waals surface area contributed by atoms with Gasteiger partial charge in [-0.2, -0.15) is 0 Å². The van der Waals surface area contributed by atoms with Crippen LogP contribution in [0.15, 0.2) is 36.4 Å². The fraction of sp³-hybridized carbons (Fsp3) is 0.556. The third kappa shape index (κ3) is 6.29. The minimum atomic E-state index is -0.641. The van der Waals surface area contributed by atoms with E-state index in [0.29, 0.717) is 31.6 Å². The zero-order valence-electron chi connectivity index (χ0n) is 21.0. The van der Waals surface area contributed by atoms with Crippen molar-refractivity contribution in [1.29, 1.82) is 0 Å². The molecule has 3 rings (SSSR count). The molecule has 1 aromatic carbocycles. The van der Waals surface area contributed by atoms with Crippen molar-refractivity contribution in [2.45, 2.75) is 65.0 Å². The summed E-state index contributed by atoms with van der Waals surface area (Å²) in [6, 6.07) is 6.73. The number of rotatable bonds is 12. The van der Waals surface area contributed by atoms with Gasteiger partial charge in [-0.05, 0) is 43.4 Å². The summed E-state index contributed by atoms with van der Waals surface area (Å²) in [7, 11) is 1.59. The van der Waals surface area contributed by atoms with E-state index in [1.807, 2.05) is 43.3 Å². The number of hydrogen-bond acceptors (Lipinski definition) is 5. The highest BCUT2D eigenvalue weighted by molar-refractivity contribution is 6.05. The van der Waals surface area contributed by atoms with Crippen LogP contribution in [0.3, 0.4) is 0 Å². The molecule has 1 aliphatic carbocycles. The van der Waals surface area contributed by atoms with E-state index >= 15 is 0 Å². The molecule has 2 aliphatic rings. The van der Waals surface area contributed by atoms with Crippen LogP contribution in [0.5, 0.6) is 5.75 Å². The van der Waals surface area contributed by atoms with E-state index < -0.39 is 6.04 Å². The van der Waals surface area contributed by atoms with Crippen LogP contribution in [0.1, 0.15) is 57.9 Å². The number of carbonyl (C=O) groups is 4. The van der Waals surface area contributed by atoms with Crippen LogP contribution in [0, 0.1) is 11.8 Å².